The van der Waals surface area contributed by atoms with Gasteiger partial charge in [-0.3, -0.25) is 4.79 Å². The van der Waals surface area contributed by atoms with Gasteiger partial charge < -0.3 is 26.0 Å². The molecular weight excluding hydrogens is 546 g/mol. The van der Waals surface area contributed by atoms with Gasteiger partial charge in [0, 0.05) is 55.4 Å². The fourth-order valence-corrected chi connectivity index (χ4v) is 5.27. The third-order valence-electron chi connectivity index (χ3n) is 7.15. The van der Waals surface area contributed by atoms with Crippen LogP contribution in [0.4, 0.5) is 17.3 Å². The number of aromatic hydroxyl groups is 1. The standard InChI is InChI=1S/C30H29N11O2/c1-19-17-39(18-20(2)41(19)24-15-22(36-37-29(24)31)21-7-3-4-8-25(21)42)27-10-13-32-26(35-27)9-5-11-34-30(43)23-16-28-33-12-6-14-40(28)38-23/h3-4,6-8,10,12-16,19-20,42H,11,17-18H2,1-2H3,(H2,31,37)(H,34,43)/t19-,20-/m1/s1. The molecule has 0 aliphatic carbocycles. The highest BCUT2D eigenvalue weighted by atomic mass is 16.3. The average molecular weight is 576 g/mol. The third-order valence-corrected chi connectivity index (χ3v) is 7.15. The number of anilines is 3. The van der Waals surface area contributed by atoms with Crippen molar-refractivity contribution >= 4 is 28.9 Å². The van der Waals surface area contributed by atoms with Crippen LogP contribution < -0.4 is 20.9 Å². The van der Waals surface area contributed by atoms with Gasteiger partial charge in [-0.1, -0.05) is 18.1 Å². The molecule has 6 rings (SSSR count). The van der Waals surface area contributed by atoms with E-state index in [2.05, 4.69) is 71.1 Å². The van der Waals surface area contributed by atoms with Gasteiger partial charge in [-0.15, -0.1) is 10.2 Å². The van der Waals surface area contributed by atoms with E-state index in [0.29, 0.717) is 41.6 Å². The Morgan fingerprint density at radius 2 is 1.88 bits per heavy atom. The molecule has 0 saturated carbocycles. The number of amides is 1. The Morgan fingerprint density at radius 1 is 1.07 bits per heavy atom. The number of para-hydroxylation sites is 1. The number of carbonyl (C=O) groups excluding carboxylic acids is 1. The highest BCUT2D eigenvalue weighted by Crippen LogP contribution is 2.34. The number of nitrogens with zero attached hydrogens (tertiary/aromatic N) is 9. The molecule has 1 fully saturated rings. The number of carbonyl (C=O) groups is 1. The quantitative estimate of drug-likeness (QED) is 0.263. The smallest absolute Gasteiger partial charge is 0.272 e. The van der Waals surface area contributed by atoms with Gasteiger partial charge in [-0.25, -0.2) is 19.5 Å². The van der Waals surface area contributed by atoms with Crippen LogP contribution in [0.15, 0.2) is 67.1 Å². The Bertz CT molecular complexity index is 1820. The molecular formula is C30H29N11O2. The lowest BCUT2D eigenvalue weighted by Crippen LogP contribution is -2.57. The van der Waals surface area contributed by atoms with Gasteiger partial charge in [0.15, 0.2) is 17.2 Å². The number of benzene rings is 1. The van der Waals surface area contributed by atoms with Crippen LogP contribution in [0.2, 0.25) is 0 Å². The topological polar surface area (TPSA) is 164 Å². The maximum Gasteiger partial charge on any atom is 0.272 e. The molecule has 13 nitrogen and oxygen atoms in total. The summed E-state index contributed by atoms with van der Waals surface area (Å²) in [5.74, 6) is 7.09. The molecule has 1 amide bonds. The zero-order valence-electron chi connectivity index (χ0n) is 23.6. The van der Waals surface area contributed by atoms with Gasteiger partial charge >= 0.3 is 0 Å². The highest BCUT2D eigenvalue weighted by molar-refractivity contribution is 5.93. The van der Waals surface area contributed by atoms with E-state index in [1.54, 1.807) is 48.9 Å². The number of piperazine rings is 1. The van der Waals surface area contributed by atoms with E-state index in [9.17, 15) is 9.90 Å². The van der Waals surface area contributed by atoms with E-state index in [1.165, 1.54) is 4.52 Å². The molecule has 1 aliphatic rings. The maximum absolute atomic E-state index is 12.5. The molecule has 0 unspecified atom stereocenters. The first-order chi connectivity index (χ1) is 20.9. The van der Waals surface area contributed by atoms with Crippen molar-refractivity contribution in [2.24, 2.45) is 0 Å². The highest BCUT2D eigenvalue weighted by Gasteiger charge is 2.32. The van der Waals surface area contributed by atoms with Crippen molar-refractivity contribution in [3.8, 4) is 28.8 Å². The first kappa shape index (κ1) is 27.4. The van der Waals surface area contributed by atoms with Crippen molar-refractivity contribution in [1.82, 2.24) is 40.1 Å². The normalized spacial score (nSPS) is 16.5. The lowest BCUT2D eigenvalue weighted by Gasteiger charge is -2.46. The Labute approximate surface area is 247 Å². The van der Waals surface area contributed by atoms with Crippen molar-refractivity contribution in [2.75, 3.05) is 35.2 Å². The second-order valence-corrected chi connectivity index (χ2v) is 10.2. The number of fused-ring (bicyclic) bond motifs is 1. The van der Waals surface area contributed by atoms with Crippen molar-refractivity contribution in [2.45, 2.75) is 25.9 Å². The Morgan fingerprint density at radius 3 is 2.67 bits per heavy atom. The summed E-state index contributed by atoms with van der Waals surface area (Å²) in [4.78, 5) is 30.0. The molecule has 216 valence electrons. The third kappa shape index (κ3) is 5.71. The van der Waals surface area contributed by atoms with E-state index in [0.717, 1.165) is 11.5 Å². The molecule has 4 aromatic heterocycles. The first-order valence-corrected chi connectivity index (χ1v) is 13.7. The largest absolute Gasteiger partial charge is 0.507 e. The van der Waals surface area contributed by atoms with Crippen molar-refractivity contribution in [3.05, 3.63) is 78.6 Å². The molecule has 0 radical (unpaired) electrons. The number of aromatic nitrogens is 7. The molecule has 1 aliphatic heterocycles. The van der Waals surface area contributed by atoms with Gasteiger partial charge in [0.1, 0.15) is 11.6 Å². The Hall–Kier alpha value is -5.77. The minimum absolute atomic E-state index is 0.0574. The van der Waals surface area contributed by atoms with E-state index in [1.807, 2.05) is 18.2 Å². The van der Waals surface area contributed by atoms with Crippen LogP contribution in [0.3, 0.4) is 0 Å². The second kappa shape index (κ2) is 11.6. The number of rotatable bonds is 5. The summed E-state index contributed by atoms with van der Waals surface area (Å²) in [5.41, 5.74) is 9.06. The van der Waals surface area contributed by atoms with Crippen molar-refractivity contribution in [1.29, 1.82) is 0 Å². The monoisotopic (exact) mass is 575 g/mol. The second-order valence-electron chi connectivity index (χ2n) is 10.2. The number of phenols is 1. The summed E-state index contributed by atoms with van der Waals surface area (Å²) in [5, 5.41) is 25.7. The molecule has 13 heteroatoms. The van der Waals surface area contributed by atoms with Crippen LogP contribution in [0.25, 0.3) is 16.9 Å². The molecule has 4 N–H and O–H groups in total. The lowest BCUT2D eigenvalue weighted by molar-refractivity contribution is 0.0953. The van der Waals surface area contributed by atoms with Gasteiger partial charge in [0.25, 0.3) is 5.91 Å². The van der Waals surface area contributed by atoms with Crippen molar-refractivity contribution in [3.63, 3.8) is 0 Å². The predicted molar refractivity (Wildman–Crippen MR) is 161 cm³/mol. The summed E-state index contributed by atoms with van der Waals surface area (Å²) in [6.07, 6.45) is 5.05. The average Bonchev–Trinajstić information content (AvgIpc) is 3.45. The summed E-state index contributed by atoms with van der Waals surface area (Å²) >= 11 is 0. The number of hydrogen-bond acceptors (Lipinski definition) is 11. The molecule has 0 spiro atoms. The van der Waals surface area contributed by atoms with E-state index >= 15 is 0 Å². The summed E-state index contributed by atoms with van der Waals surface area (Å²) in [7, 11) is 0. The van der Waals surface area contributed by atoms with Crippen LogP contribution in [0, 0.1) is 11.8 Å². The summed E-state index contributed by atoms with van der Waals surface area (Å²) in [6, 6.07) is 14.2. The molecule has 1 saturated heterocycles. The minimum Gasteiger partial charge on any atom is -0.507 e. The van der Waals surface area contributed by atoms with Crippen LogP contribution in [0.5, 0.6) is 5.75 Å². The molecule has 43 heavy (non-hydrogen) atoms. The van der Waals surface area contributed by atoms with Crippen LogP contribution in [-0.4, -0.2) is 77.5 Å². The van der Waals surface area contributed by atoms with E-state index < -0.39 is 0 Å². The predicted octanol–water partition coefficient (Wildman–Crippen LogP) is 2.15. The molecule has 5 aromatic rings. The maximum atomic E-state index is 12.5. The van der Waals surface area contributed by atoms with Gasteiger partial charge in [0.2, 0.25) is 5.82 Å². The zero-order chi connectivity index (χ0) is 29.9. The number of nitrogens with two attached hydrogens (primary N) is 1. The van der Waals surface area contributed by atoms with Crippen LogP contribution in [-0.2, 0) is 0 Å². The van der Waals surface area contributed by atoms with Crippen molar-refractivity contribution < 1.29 is 9.90 Å². The van der Waals surface area contributed by atoms with E-state index in [4.69, 9.17) is 5.73 Å². The fourth-order valence-electron chi connectivity index (χ4n) is 5.27. The fraction of sp³-hybridized carbons (Fsp3) is 0.233. The van der Waals surface area contributed by atoms with E-state index in [-0.39, 0.29) is 36.0 Å². The summed E-state index contributed by atoms with van der Waals surface area (Å²) in [6.45, 7) is 5.69. The Kier molecular flexibility index (Phi) is 7.40. The van der Waals surface area contributed by atoms with Gasteiger partial charge in [-0.05, 0) is 50.1 Å². The molecule has 1 aromatic carbocycles. The minimum atomic E-state index is -0.340. The van der Waals surface area contributed by atoms with Crippen LogP contribution in [0.1, 0.15) is 30.2 Å². The SMILES string of the molecule is C[C@@H]1CN(c2ccnc(C#CCNC(=O)c3cc4ncccn4n3)n2)C[C@@H](C)N1c1cc(-c2ccccc2O)nnc1N. The van der Waals surface area contributed by atoms with Gasteiger partial charge in [0.05, 0.1) is 17.9 Å². The molecule has 2 atom stereocenters. The number of nitrogen functional groups attached to an aromatic ring is 1. The molecule has 5 heterocycles. The van der Waals surface area contributed by atoms with Crippen LogP contribution >= 0.6 is 0 Å². The summed E-state index contributed by atoms with van der Waals surface area (Å²) < 4.78 is 1.54. The number of nitrogens with one attached hydrogen (secondary N) is 1. The van der Waals surface area contributed by atoms with Gasteiger partial charge in [-0.2, -0.15) is 5.10 Å². The lowest BCUT2D eigenvalue weighted by atomic mass is 10.0. The molecule has 0 bridgehead atoms. The number of phenolic OH excluding ortho intramolecular Hbond substituents is 1. The zero-order valence-corrected chi connectivity index (χ0v) is 23.6. The Balaban J connectivity index is 1.12. The first-order valence-electron chi connectivity index (χ1n) is 13.7. The number of hydrogen-bond donors (Lipinski definition) is 3.